The number of nitrogens with zero attached hydrogens (tertiary/aromatic N) is 1. The van der Waals surface area contributed by atoms with Gasteiger partial charge >= 0.3 is 0 Å². The molecule has 21 heavy (non-hydrogen) atoms. The Morgan fingerprint density at radius 3 is 2.71 bits per heavy atom. The summed E-state index contributed by atoms with van der Waals surface area (Å²) in [5, 5.41) is 14.6. The first kappa shape index (κ1) is 16.4. The number of carbonyl (C=O) groups is 1. The van der Waals surface area contributed by atoms with Crippen LogP contribution in [0.1, 0.15) is 12.5 Å². The molecule has 0 fully saturated rings. The van der Waals surface area contributed by atoms with Crippen LogP contribution in [0, 0.1) is 11.3 Å². The second-order valence-electron chi connectivity index (χ2n) is 4.01. The lowest BCUT2D eigenvalue weighted by molar-refractivity contribution is -0.112. The van der Waals surface area contributed by atoms with Crippen molar-refractivity contribution in [1.29, 1.82) is 5.26 Å². The number of benzene rings is 1. The Hall–Kier alpha value is -2.65. The molecule has 110 valence electrons. The van der Waals surface area contributed by atoms with Gasteiger partial charge in [-0.3, -0.25) is 4.79 Å². The highest BCUT2D eigenvalue weighted by atomic mass is 35.5. The number of hydrogen-bond donors (Lipinski definition) is 4. The van der Waals surface area contributed by atoms with E-state index in [0.717, 1.165) is 6.20 Å². The van der Waals surface area contributed by atoms with E-state index < -0.39 is 5.91 Å². The van der Waals surface area contributed by atoms with Crippen LogP contribution < -0.4 is 22.1 Å². The molecule has 0 saturated heterocycles. The highest BCUT2D eigenvalue weighted by Gasteiger charge is 2.11. The highest BCUT2D eigenvalue weighted by Crippen LogP contribution is 2.23. The minimum absolute atomic E-state index is 0.0476. The molecule has 6 N–H and O–H groups in total. The van der Waals surface area contributed by atoms with E-state index in [-0.39, 0.29) is 10.7 Å². The van der Waals surface area contributed by atoms with Gasteiger partial charge in [0.2, 0.25) is 0 Å². The first-order valence-corrected chi connectivity index (χ1v) is 6.53. The van der Waals surface area contributed by atoms with E-state index in [9.17, 15) is 4.79 Å². The standard InChI is InChI=1S/C14H16ClN5O/c1-2-19-12-5-9(7-16)3-4-11(12)20-14(21)10(8-17)6-13(15)18/h3-6,8,19H,2,17-18H2,1H3,(H,20,21)/b10-8+,13-6-. The van der Waals surface area contributed by atoms with Crippen molar-refractivity contribution in [3.8, 4) is 6.07 Å². The Morgan fingerprint density at radius 2 is 2.19 bits per heavy atom. The molecule has 0 saturated carbocycles. The van der Waals surface area contributed by atoms with Crippen molar-refractivity contribution in [3.63, 3.8) is 0 Å². The van der Waals surface area contributed by atoms with Gasteiger partial charge in [-0.15, -0.1) is 0 Å². The Morgan fingerprint density at radius 1 is 1.48 bits per heavy atom. The summed E-state index contributed by atoms with van der Waals surface area (Å²) in [4.78, 5) is 12.1. The van der Waals surface area contributed by atoms with Crippen LogP contribution in [0.2, 0.25) is 0 Å². The summed E-state index contributed by atoms with van der Waals surface area (Å²) in [6.07, 6.45) is 2.37. The van der Waals surface area contributed by atoms with E-state index in [1.807, 2.05) is 13.0 Å². The van der Waals surface area contributed by atoms with Crippen LogP contribution in [-0.4, -0.2) is 12.5 Å². The predicted molar refractivity (Wildman–Crippen MR) is 84.3 cm³/mol. The van der Waals surface area contributed by atoms with E-state index in [1.165, 1.54) is 6.08 Å². The molecule has 6 nitrogen and oxygen atoms in total. The van der Waals surface area contributed by atoms with Gasteiger partial charge in [-0.05, 0) is 31.2 Å². The van der Waals surface area contributed by atoms with Gasteiger partial charge in [0.05, 0.1) is 33.7 Å². The third-order valence-corrected chi connectivity index (χ3v) is 2.61. The summed E-state index contributed by atoms with van der Waals surface area (Å²) in [5.74, 6) is -0.454. The summed E-state index contributed by atoms with van der Waals surface area (Å²) >= 11 is 5.53. The fraction of sp³-hybridized carbons (Fsp3) is 0.143. The molecule has 0 aliphatic heterocycles. The van der Waals surface area contributed by atoms with E-state index in [4.69, 9.17) is 28.3 Å². The zero-order valence-electron chi connectivity index (χ0n) is 11.5. The van der Waals surface area contributed by atoms with Crippen molar-refractivity contribution in [2.24, 2.45) is 11.5 Å². The quantitative estimate of drug-likeness (QED) is 0.376. The number of amides is 1. The normalized spacial score (nSPS) is 11.7. The Bertz CT molecular complexity index is 627. The summed E-state index contributed by atoms with van der Waals surface area (Å²) in [6.45, 7) is 2.55. The first-order valence-electron chi connectivity index (χ1n) is 6.15. The molecular weight excluding hydrogens is 290 g/mol. The monoisotopic (exact) mass is 305 g/mol. The van der Waals surface area contributed by atoms with Gasteiger partial charge in [0.1, 0.15) is 0 Å². The Labute approximate surface area is 128 Å². The zero-order chi connectivity index (χ0) is 15.8. The highest BCUT2D eigenvalue weighted by molar-refractivity contribution is 6.29. The largest absolute Gasteiger partial charge is 0.404 e. The van der Waals surface area contributed by atoms with E-state index in [2.05, 4.69) is 10.6 Å². The molecule has 0 aliphatic rings. The van der Waals surface area contributed by atoms with Crippen molar-refractivity contribution in [1.82, 2.24) is 0 Å². The topological polar surface area (TPSA) is 117 Å². The Kier molecular flexibility index (Phi) is 6.11. The maximum absolute atomic E-state index is 12.1. The summed E-state index contributed by atoms with van der Waals surface area (Å²) < 4.78 is 0. The van der Waals surface area contributed by atoms with Crippen LogP contribution in [0.5, 0.6) is 0 Å². The molecule has 7 heteroatoms. The zero-order valence-corrected chi connectivity index (χ0v) is 12.2. The average molecular weight is 306 g/mol. The van der Waals surface area contributed by atoms with E-state index in [0.29, 0.717) is 23.5 Å². The van der Waals surface area contributed by atoms with Gasteiger partial charge in [-0.1, -0.05) is 11.6 Å². The second kappa shape index (κ2) is 7.82. The van der Waals surface area contributed by atoms with Gasteiger partial charge in [0.15, 0.2) is 0 Å². The number of carbonyl (C=O) groups excluding carboxylic acids is 1. The van der Waals surface area contributed by atoms with Crippen molar-refractivity contribution in [2.45, 2.75) is 6.92 Å². The third-order valence-electron chi connectivity index (χ3n) is 2.50. The van der Waals surface area contributed by atoms with Crippen molar-refractivity contribution >= 4 is 28.9 Å². The molecule has 1 amide bonds. The van der Waals surface area contributed by atoms with Crippen LogP contribution in [-0.2, 0) is 4.79 Å². The number of nitrogens with one attached hydrogen (secondary N) is 2. The Balaban J connectivity index is 3.04. The van der Waals surface area contributed by atoms with Gasteiger partial charge in [0.25, 0.3) is 5.91 Å². The average Bonchev–Trinajstić information content (AvgIpc) is 2.46. The van der Waals surface area contributed by atoms with Crippen LogP contribution in [0.4, 0.5) is 11.4 Å². The molecule has 0 spiro atoms. The number of nitrogens with two attached hydrogens (primary N) is 2. The smallest absolute Gasteiger partial charge is 0.257 e. The summed E-state index contributed by atoms with van der Waals surface area (Å²) in [6, 6.07) is 6.93. The minimum Gasteiger partial charge on any atom is -0.404 e. The van der Waals surface area contributed by atoms with Gasteiger partial charge in [0, 0.05) is 12.7 Å². The maximum atomic E-state index is 12.1. The van der Waals surface area contributed by atoms with Crippen LogP contribution in [0.15, 0.2) is 41.2 Å². The van der Waals surface area contributed by atoms with Crippen LogP contribution in [0.25, 0.3) is 0 Å². The van der Waals surface area contributed by atoms with Crippen LogP contribution in [0.3, 0.4) is 0 Å². The fourth-order valence-corrected chi connectivity index (χ4v) is 1.71. The minimum atomic E-state index is -0.454. The van der Waals surface area contributed by atoms with Gasteiger partial charge < -0.3 is 22.1 Å². The van der Waals surface area contributed by atoms with Crippen LogP contribution >= 0.6 is 11.6 Å². The second-order valence-corrected chi connectivity index (χ2v) is 4.44. The number of anilines is 2. The van der Waals surface area contributed by atoms with E-state index in [1.54, 1.807) is 18.2 Å². The van der Waals surface area contributed by atoms with Crippen molar-refractivity contribution in [3.05, 3.63) is 46.8 Å². The molecule has 0 radical (unpaired) electrons. The molecule has 0 aromatic heterocycles. The molecule has 0 unspecified atom stereocenters. The number of halogens is 1. The number of nitriles is 1. The van der Waals surface area contributed by atoms with Crippen molar-refractivity contribution < 1.29 is 4.79 Å². The lowest BCUT2D eigenvalue weighted by Gasteiger charge is -2.12. The lowest BCUT2D eigenvalue weighted by atomic mass is 10.1. The lowest BCUT2D eigenvalue weighted by Crippen LogP contribution is -2.16. The summed E-state index contributed by atoms with van der Waals surface area (Å²) in [5.41, 5.74) is 12.5. The third kappa shape index (κ3) is 4.75. The molecule has 0 aliphatic carbocycles. The molecule has 1 aromatic rings. The van der Waals surface area contributed by atoms with Gasteiger partial charge in [-0.25, -0.2) is 0 Å². The van der Waals surface area contributed by atoms with Crippen molar-refractivity contribution in [2.75, 3.05) is 17.2 Å². The molecule has 1 rings (SSSR count). The summed E-state index contributed by atoms with van der Waals surface area (Å²) in [7, 11) is 0. The molecule has 0 atom stereocenters. The molecule has 0 bridgehead atoms. The maximum Gasteiger partial charge on any atom is 0.257 e. The fourth-order valence-electron chi connectivity index (χ4n) is 1.59. The van der Waals surface area contributed by atoms with Gasteiger partial charge in [-0.2, -0.15) is 5.26 Å². The first-order chi connectivity index (χ1) is 10.0. The number of rotatable bonds is 5. The molecular formula is C14H16ClN5O. The number of hydrogen-bond acceptors (Lipinski definition) is 5. The SMILES string of the molecule is CCNc1cc(C#N)ccc1NC(=O)C(/C=C(\N)Cl)=C/N. The predicted octanol–water partition coefficient (Wildman–Crippen LogP) is 1.81. The molecule has 1 aromatic carbocycles. The van der Waals surface area contributed by atoms with E-state index >= 15 is 0 Å². The molecule has 0 heterocycles.